The molecule has 0 atom stereocenters. The highest BCUT2D eigenvalue weighted by molar-refractivity contribution is 6.46. The summed E-state index contributed by atoms with van der Waals surface area (Å²) in [5.74, 6) is 0.206. The fraction of sp³-hybridized carbons (Fsp3) is 0.448. The number of amides is 2. The molecule has 39 heavy (non-hydrogen) atoms. The molecule has 2 heterocycles. The molecule has 0 radical (unpaired) electrons. The summed E-state index contributed by atoms with van der Waals surface area (Å²) in [4.78, 5) is 33.1. The third-order valence-corrected chi connectivity index (χ3v) is 8.02. The monoisotopic (exact) mass is 531 g/mol. The highest BCUT2D eigenvalue weighted by Gasteiger charge is 2.49. The molecule has 2 amide bonds. The first-order valence-electron chi connectivity index (χ1n) is 13.4. The normalized spacial score (nSPS) is 21.3. The van der Waals surface area contributed by atoms with E-state index in [1.807, 2.05) is 17.0 Å². The van der Waals surface area contributed by atoms with E-state index >= 15 is 0 Å². The summed E-state index contributed by atoms with van der Waals surface area (Å²) in [6.07, 6.45) is 4.17. The standard InChI is InChI=1S/C29H34FN7O2/c1-28(2,3)22-11-14-29(15-12-22)32-25(21-5-4-6-23(30)17-21)27(39)37(29)16-13-19-7-9-20(10-8-19)26(38)31-18-24-33-35-36-34-24/h4-10,17,22H,11-16,18H2,1-3H3,(H,31,38)(H,33,34,35,36). The Morgan fingerprint density at radius 1 is 1.15 bits per heavy atom. The Kier molecular flexibility index (Phi) is 7.29. The second-order valence-corrected chi connectivity index (χ2v) is 11.5. The molecule has 9 nitrogen and oxygen atoms in total. The second kappa shape index (κ2) is 10.7. The zero-order chi connectivity index (χ0) is 27.6. The molecule has 0 bridgehead atoms. The number of aliphatic imine (C=N–C) groups is 1. The first-order valence-corrected chi connectivity index (χ1v) is 13.4. The Bertz CT molecular complexity index is 1360. The maximum Gasteiger partial charge on any atom is 0.274 e. The van der Waals surface area contributed by atoms with Gasteiger partial charge in [0.25, 0.3) is 11.8 Å². The molecular formula is C29H34FN7O2. The first kappa shape index (κ1) is 26.6. The summed E-state index contributed by atoms with van der Waals surface area (Å²) in [6.45, 7) is 7.47. The second-order valence-electron chi connectivity index (χ2n) is 11.5. The van der Waals surface area contributed by atoms with Crippen LogP contribution in [0, 0.1) is 17.2 Å². The van der Waals surface area contributed by atoms with E-state index in [9.17, 15) is 14.0 Å². The van der Waals surface area contributed by atoms with E-state index in [-0.39, 0.29) is 29.6 Å². The van der Waals surface area contributed by atoms with Crippen LogP contribution in [0.15, 0.2) is 53.5 Å². The lowest BCUT2D eigenvalue weighted by Gasteiger charge is -2.45. The van der Waals surface area contributed by atoms with Crippen molar-refractivity contribution in [1.82, 2.24) is 30.8 Å². The molecule has 2 aliphatic rings. The smallest absolute Gasteiger partial charge is 0.274 e. The van der Waals surface area contributed by atoms with Crippen molar-refractivity contribution in [3.63, 3.8) is 0 Å². The van der Waals surface area contributed by atoms with Crippen molar-refractivity contribution in [2.45, 2.75) is 65.1 Å². The molecule has 3 aromatic rings. The van der Waals surface area contributed by atoms with Gasteiger partial charge in [-0.25, -0.2) is 4.39 Å². The maximum atomic E-state index is 14.0. The molecule has 204 valence electrons. The molecule has 1 aliphatic carbocycles. The third-order valence-electron chi connectivity index (χ3n) is 8.02. The number of aromatic amines is 1. The first-order chi connectivity index (χ1) is 18.6. The lowest BCUT2D eigenvalue weighted by molar-refractivity contribution is -0.129. The number of rotatable bonds is 7. The lowest BCUT2D eigenvalue weighted by Crippen LogP contribution is -2.50. The molecular weight excluding hydrogens is 497 g/mol. The van der Waals surface area contributed by atoms with E-state index in [2.05, 4.69) is 46.7 Å². The van der Waals surface area contributed by atoms with Crippen molar-refractivity contribution in [2.24, 2.45) is 16.3 Å². The van der Waals surface area contributed by atoms with E-state index in [1.165, 1.54) is 12.1 Å². The van der Waals surface area contributed by atoms with Crippen LogP contribution in [0.4, 0.5) is 4.39 Å². The predicted molar refractivity (Wildman–Crippen MR) is 144 cm³/mol. The number of halogens is 1. The number of carbonyl (C=O) groups excluding carboxylic acids is 2. The van der Waals surface area contributed by atoms with Crippen molar-refractivity contribution in [2.75, 3.05) is 6.54 Å². The number of H-pyrrole nitrogens is 1. The number of hydrogen-bond donors (Lipinski definition) is 2. The quantitative estimate of drug-likeness (QED) is 0.477. The molecule has 0 saturated heterocycles. The lowest BCUT2D eigenvalue weighted by atomic mass is 9.69. The van der Waals surface area contributed by atoms with Crippen LogP contribution in [0.3, 0.4) is 0 Å². The van der Waals surface area contributed by atoms with Gasteiger partial charge in [0, 0.05) is 17.7 Å². The van der Waals surface area contributed by atoms with E-state index in [1.54, 1.807) is 24.3 Å². The van der Waals surface area contributed by atoms with Crippen molar-refractivity contribution in [1.29, 1.82) is 0 Å². The topological polar surface area (TPSA) is 116 Å². The molecule has 2 N–H and O–H groups in total. The van der Waals surface area contributed by atoms with Crippen LogP contribution in [0.25, 0.3) is 0 Å². The van der Waals surface area contributed by atoms with Gasteiger partial charge in [0.05, 0.1) is 6.54 Å². The fourth-order valence-electron chi connectivity index (χ4n) is 5.68. The highest BCUT2D eigenvalue weighted by atomic mass is 19.1. The Balaban J connectivity index is 1.29. The van der Waals surface area contributed by atoms with E-state index in [4.69, 9.17) is 4.99 Å². The zero-order valence-electron chi connectivity index (χ0n) is 22.6. The zero-order valence-corrected chi connectivity index (χ0v) is 22.6. The van der Waals surface area contributed by atoms with Crippen LogP contribution in [0.1, 0.15) is 73.8 Å². The number of nitrogens with zero attached hydrogens (tertiary/aromatic N) is 5. The number of nitrogens with one attached hydrogen (secondary N) is 2. The Labute approximate surface area is 227 Å². The Hall–Kier alpha value is -3.95. The summed E-state index contributed by atoms with van der Waals surface area (Å²) < 4.78 is 14.0. The molecule has 1 aliphatic heterocycles. The molecule has 1 saturated carbocycles. The van der Waals surface area contributed by atoms with Gasteiger partial charge in [-0.05, 0) is 73.3 Å². The highest BCUT2D eigenvalue weighted by Crippen LogP contribution is 2.46. The number of benzene rings is 2. The van der Waals surface area contributed by atoms with Gasteiger partial charge in [-0.1, -0.05) is 50.3 Å². The predicted octanol–water partition coefficient (Wildman–Crippen LogP) is 4.08. The van der Waals surface area contributed by atoms with Crippen LogP contribution in [0.5, 0.6) is 0 Å². The Morgan fingerprint density at radius 3 is 2.54 bits per heavy atom. The molecule has 1 fully saturated rings. The minimum absolute atomic E-state index is 0.146. The van der Waals surface area contributed by atoms with Crippen molar-refractivity contribution in [3.8, 4) is 0 Å². The molecule has 2 aromatic carbocycles. The van der Waals surface area contributed by atoms with E-state index in [0.29, 0.717) is 41.5 Å². The minimum Gasteiger partial charge on any atom is -0.345 e. The molecule has 0 unspecified atom stereocenters. The number of tetrazole rings is 1. The Morgan fingerprint density at radius 2 is 1.90 bits per heavy atom. The van der Waals surface area contributed by atoms with E-state index < -0.39 is 5.66 Å². The van der Waals surface area contributed by atoms with Crippen LogP contribution >= 0.6 is 0 Å². The van der Waals surface area contributed by atoms with Gasteiger partial charge in [-0.2, -0.15) is 5.21 Å². The van der Waals surface area contributed by atoms with Crippen LogP contribution in [-0.4, -0.2) is 55.3 Å². The average molecular weight is 532 g/mol. The molecule has 1 spiro atoms. The molecule has 10 heteroatoms. The summed E-state index contributed by atoms with van der Waals surface area (Å²) in [5, 5.41) is 16.2. The van der Waals surface area contributed by atoms with Gasteiger partial charge < -0.3 is 10.2 Å². The SMILES string of the molecule is CC(C)(C)C1CCC2(CC1)N=C(c1cccc(F)c1)C(=O)N2CCc1ccc(C(=O)NCc2nn[nH]n2)cc1. The largest absolute Gasteiger partial charge is 0.345 e. The minimum atomic E-state index is -0.602. The van der Waals surface area contributed by atoms with Crippen molar-refractivity contribution < 1.29 is 14.0 Å². The number of hydrogen-bond acceptors (Lipinski definition) is 6. The summed E-state index contributed by atoms with van der Waals surface area (Å²) in [6, 6.07) is 13.5. The van der Waals surface area contributed by atoms with Gasteiger partial charge in [-0.3, -0.25) is 14.6 Å². The van der Waals surface area contributed by atoms with Crippen LogP contribution in [-0.2, 0) is 17.8 Å². The van der Waals surface area contributed by atoms with Crippen LogP contribution in [0.2, 0.25) is 0 Å². The van der Waals surface area contributed by atoms with Gasteiger partial charge in [0.2, 0.25) is 0 Å². The number of aromatic nitrogens is 4. The van der Waals surface area contributed by atoms with Crippen molar-refractivity contribution in [3.05, 3.63) is 76.9 Å². The molecule has 1 aromatic heterocycles. The van der Waals surface area contributed by atoms with Gasteiger partial charge in [0.15, 0.2) is 5.82 Å². The summed E-state index contributed by atoms with van der Waals surface area (Å²) in [5.41, 5.74) is 2.00. The summed E-state index contributed by atoms with van der Waals surface area (Å²) >= 11 is 0. The van der Waals surface area contributed by atoms with Gasteiger partial charge in [0.1, 0.15) is 17.2 Å². The van der Waals surface area contributed by atoms with Gasteiger partial charge in [-0.15, -0.1) is 10.2 Å². The van der Waals surface area contributed by atoms with Crippen LogP contribution < -0.4 is 5.32 Å². The average Bonchev–Trinajstić information content (AvgIpc) is 3.53. The van der Waals surface area contributed by atoms with E-state index in [0.717, 1.165) is 31.2 Å². The molecule has 5 rings (SSSR count). The maximum absolute atomic E-state index is 14.0. The number of carbonyl (C=O) groups is 2. The summed E-state index contributed by atoms with van der Waals surface area (Å²) in [7, 11) is 0. The fourth-order valence-corrected chi connectivity index (χ4v) is 5.68. The van der Waals surface area contributed by atoms with Crippen molar-refractivity contribution >= 4 is 17.5 Å². The van der Waals surface area contributed by atoms with Gasteiger partial charge >= 0.3 is 0 Å². The third kappa shape index (κ3) is 5.74.